The molecule has 0 spiro atoms. The standard InChI is InChI=1S/C19H24N4O/c1-14-12-20-18(21-14)16-8-11-23(13-16)19(24)15-4-6-17(7-5-15)22-9-2-3-10-22/h4-7,12,16H,2-3,8-11,13H2,1H3,(H,20,21). The first-order valence-electron chi connectivity index (χ1n) is 8.86. The van der Waals surface area contributed by atoms with Gasteiger partial charge in [0.2, 0.25) is 0 Å². The minimum atomic E-state index is 0.133. The zero-order valence-electron chi connectivity index (χ0n) is 14.2. The summed E-state index contributed by atoms with van der Waals surface area (Å²) < 4.78 is 0. The predicted molar refractivity (Wildman–Crippen MR) is 94.5 cm³/mol. The molecule has 126 valence electrons. The Balaban J connectivity index is 1.42. The number of rotatable bonds is 3. The first-order chi connectivity index (χ1) is 11.7. The normalized spacial score (nSPS) is 20.8. The van der Waals surface area contributed by atoms with Crippen LogP contribution in [0.3, 0.4) is 0 Å². The second-order valence-electron chi connectivity index (χ2n) is 6.93. The van der Waals surface area contributed by atoms with Crippen molar-refractivity contribution in [2.45, 2.75) is 32.1 Å². The first kappa shape index (κ1) is 15.2. The Morgan fingerprint density at radius 2 is 1.92 bits per heavy atom. The van der Waals surface area contributed by atoms with E-state index in [1.807, 2.05) is 30.2 Å². The summed E-state index contributed by atoms with van der Waals surface area (Å²) in [6.07, 6.45) is 5.37. The van der Waals surface area contributed by atoms with E-state index in [9.17, 15) is 4.79 Å². The third-order valence-electron chi connectivity index (χ3n) is 5.17. The molecule has 2 fully saturated rings. The molecule has 2 aliphatic heterocycles. The molecule has 1 unspecified atom stereocenters. The van der Waals surface area contributed by atoms with Gasteiger partial charge < -0.3 is 14.8 Å². The minimum absolute atomic E-state index is 0.133. The lowest BCUT2D eigenvalue weighted by atomic mass is 10.1. The smallest absolute Gasteiger partial charge is 0.253 e. The zero-order valence-corrected chi connectivity index (χ0v) is 14.2. The lowest BCUT2D eigenvalue weighted by Crippen LogP contribution is -2.28. The Morgan fingerprint density at radius 1 is 1.17 bits per heavy atom. The number of amides is 1. The number of nitrogens with one attached hydrogen (secondary N) is 1. The number of hydrogen-bond donors (Lipinski definition) is 1. The van der Waals surface area contributed by atoms with E-state index in [4.69, 9.17) is 0 Å². The highest BCUT2D eigenvalue weighted by molar-refractivity contribution is 5.94. The van der Waals surface area contributed by atoms with Crippen LogP contribution in [-0.4, -0.2) is 47.0 Å². The van der Waals surface area contributed by atoms with Gasteiger partial charge in [-0.3, -0.25) is 4.79 Å². The van der Waals surface area contributed by atoms with Crippen molar-refractivity contribution < 1.29 is 4.79 Å². The summed E-state index contributed by atoms with van der Waals surface area (Å²) in [5.41, 5.74) is 3.09. The maximum absolute atomic E-state index is 12.7. The summed E-state index contributed by atoms with van der Waals surface area (Å²) in [4.78, 5) is 24.8. The van der Waals surface area contributed by atoms with E-state index >= 15 is 0 Å². The summed E-state index contributed by atoms with van der Waals surface area (Å²) in [7, 11) is 0. The van der Waals surface area contributed by atoms with E-state index in [1.54, 1.807) is 0 Å². The molecule has 0 bridgehead atoms. The van der Waals surface area contributed by atoms with Crippen molar-refractivity contribution in [3.05, 3.63) is 47.5 Å². The molecule has 0 aliphatic carbocycles. The number of likely N-dealkylation sites (tertiary alicyclic amines) is 1. The van der Waals surface area contributed by atoms with Crippen LogP contribution in [0.2, 0.25) is 0 Å². The molecule has 2 aliphatic rings. The molecule has 2 aromatic rings. The van der Waals surface area contributed by atoms with Gasteiger partial charge in [0.15, 0.2) is 0 Å². The number of aryl methyl sites for hydroxylation is 1. The third-order valence-corrected chi connectivity index (χ3v) is 5.17. The Morgan fingerprint density at radius 3 is 2.58 bits per heavy atom. The molecule has 1 aromatic heterocycles. The molecule has 5 heteroatoms. The van der Waals surface area contributed by atoms with Crippen LogP contribution in [0.25, 0.3) is 0 Å². The monoisotopic (exact) mass is 324 g/mol. The summed E-state index contributed by atoms with van der Waals surface area (Å²) in [5.74, 6) is 1.47. The van der Waals surface area contributed by atoms with Gasteiger partial charge in [0.1, 0.15) is 5.82 Å². The van der Waals surface area contributed by atoms with Gasteiger partial charge in [-0.15, -0.1) is 0 Å². The van der Waals surface area contributed by atoms with Gasteiger partial charge in [0.05, 0.1) is 0 Å². The summed E-state index contributed by atoms with van der Waals surface area (Å²) in [6.45, 7) is 5.82. The molecule has 24 heavy (non-hydrogen) atoms. The van der Waals surface area contributed by atoms with Crippen LogP contribution in [0.15, 0.2) is 30.5 Å². The van der Waals surface area contributed by atoms with E-state index in [0.29, 0.717) is 5.92 Å². The Hall–Kier alpha value is -2.30. The lowest BCUT2D eigenvalue weighted by molar-refractivity contribution is 0.0790. The van der Waals surface area contributed by atoms with Gasteiger partial charge >= 0.3 is 0 Å². The van der Waals surface area contributed by atoms with Crippen molar-refractivity contribution in [1.29, 1.82) is 0 Å². The van der Waals surface area contributed by atoms with E-state index in [2.05, 4.69) is 27.0 Å². The number of carbonyl (C=O) groups excluding carboxylic acids is 1. The van der Waals surface area contributed by atoms with Crippen LogP contribution in [0.1, 0.15) is 47.1 Å². The van der Waals surface area contributed by atoms with Gasteiger partial charge in [-0.25, -0.2) is 4.98 Å². The van der Waals surface area contributed by atoms with Crippen molar-refractivity contribution in [3.8, 4) is 0 Å². The van der Waals surface area contributed by atoms with Crippen LogP contribution >= 0.6 is 0 Å². The fraction of sp³-hybridized carbons (Fsp3) is 0.474. The van der Waals surface area contributed by atoms with Crippen molar-refractivity contribution in [2.24, 2.45) is 0 Å². The van der Waals surface area contributed by atoms with E-state index in [1.165, 1.54) is 18.5 Å². The van der Waals surface area contributed by atoms with Crippen LogP contribution in [0.4, 0.5) is 5.69 Å². The van der Waals surface area contributed by atoms with E-state index in [-0.39, 0.29) is 5.91 Å². The van der Waals surface area contributed by atoms with Crippen LogP contribution in [0, 0.1) is 6.92 Å². The van der Waals surface area contributed by atoms with Gasteiger partial charge in [0, 0.05) is 55.2 Å². The highest BCUT2D eigenvalue weighted by atomic mass is 16.2. The second-order valence-corrected chi connectivity index (χ2v) is 6.93. The molecule has 5 nitrogen and oxygen atoms in total. The molecule has 0 saturated carbocycles. The van der Waals surface area contributed by atoms with E-state index in [0.717, 1.165) is 49.7 Å². The molecule has 4 rings (SSSR count). The number of H-pyrrole nitrogens is 1. The number of benzene rings is 1. The van der Waals surface area contributed by atoms with Gasteiger partial charge in [-0.1, -0.05) is 0 Å². The Kier molecular flexibility index (Phi) is 4.00. The minimum Gasteiger partial charge on any atom is -0.372 e. The maximum atomic E-state index is 12.7. The van der Waals surface area contributed by atoms with Crippen LogP contribution < -0.4 is 4.90 Å². The molecular formula is C19H24N4O. The molecule has 3 heterocycles. The largest absolute Gasteiger partial charge is 0.372 e. The summed E-state index contributed by atoms with van der Waals surface area (Å²) in [5, 5.41) is 0. The van der Waals surface area contributed by atoms with Gasteiger partial charge in [0.25, 0.3) is 5.91 Å². The highest BCUT2D eigenvalue weighted by Gasteiger charge is 2.29. The van der Waals surface area contributed by atoms with Crippen molar-refractivity contribution in [2.75, 3.05) is 31.1 Å². The quantitative estimate of drug-likeness (QED) is 0.944. The Bertz CT molecular complexity index is 715. The highest BCUT2D eigenvalue weighted by Crippen LogP contribution is 2.27. The molecule has 1 N–H and O–H groups in total. The number of aromatic nitrogens is 2. The van der Waals surface area contributed by atoms with Crippen LogP contribution in [-0.2, 0) is 0 Å². The lowest BCUT2D eigenvalue weighted by Gasteiger charge is -2.19. The molecule has 1 amide bonds. The zero-order chi connectivity index (χ0) is 16.5. The SMILES string of the molecule is Cc1cnc(C2CCN(C(=O)c3ccc(N4CCCC4)cc3)C2)[nH]1. The summed E-state index contributed by atoms with van der Waals surface area (Å²) in [6, 6.07) is 8.12. The third kappa shape index (κ3) is 2.90. The molecular weight excluding hydrogens is 300 g/mol. The number of hydrogen-bond acceptors (Lipinski definition) is 3. The van der Waals surface area contributed by atoms with Gasteiger partial charge in [-0.05, 0) is 50.5 Å². The van der Waals surface area contributed by atoms with Crippen molar-refractivity contribution >= 4 is 11.6 Å². The summed E-state index contributed by atoms with van der Waals surface area (Å²) >= 11 is 0. The molecule has 2 saturated heterocycles. The van der Waals surface area contributed by atoms with Crippen LogP contribution in [0.5, 0.6) is 0 Å². The fourth-order valence-corrected chi connectivity index (χ4v) is 3.78. The van der Waals surface area contributed by atoms with Crippen molar-refractivity contribution in [1.82, 2.24) is 14.9 Å². The topological polar surface area (TPSA) is 52.2 Å². The number of carbonyl (C=O) groups is 1. The molecule has 1 aromatic carbocycles. The number of anilines is 1. The number of imidazole rings is 1. The fourth-order valence-electron chi connectivity index (χ4n) is 3.78. The average molecular weight is 324 g/mol. The van der Waals surface area contributed by atoms with Gasteiger partial charge in [-0.2, -0.15) is 0 Å². The predicted octanol–water partition coefficient (Wildman–Crippen LogP) is 2.95. The molecule has 1 atom stereocenters. The maximum Gasteiger partial charge on any atom is 0.253 e. The first-order valence-corrected chi connectivity index (χ1v) is 8.86. The van der Waals surface area contributed by atoms with E-state index < -0.39 is 0 Å². The van der Waals surface area contributed by atoms with Crippen molar-refractivity contribution in [3.63, 3.8) is 0 Å². The molecule has 0 radical (unpaired) electrons. The second kappa shape index (κ2) is 6.30. The number of aromatic amines is 1. The Labute approximate surface area is 142 Å². The number of nitrogens with zero attached hydrogens (tertiary/aromatic N) is 3. The average Bonchev–Trinajstić information content (AvgIpc) is 3.35.